The van der Waals surface area contributed by atoms with Crippen molar-refractivity contribution in [2.45, 2.75) is 0 Å². The summed E-state index contributed by atoms with van der Waals surface area (Å²) in [5.41, 5.74) is 1.57. The Morgan fingerprint density at radius 1 is 1.13 bits per heavy atom. The molecule has 1 fully saturated rings. The number of benzene rings is 1. The summed E-state index contributed by atoms with van der Waals surface area (Å²) in [5.74, 6) is 0.346. The van der Waals surface area contributed by atoms with Crippen molar-refractivity contribution in [3.05, 3.63) is 54.0 Å². The number of hydrogen-bond acceptors (Lipinski definition) is 4. The molecule has 1 aromatic heterocycles. The minimum absolute atomic E-state index is 0.0128. The summed E-state index contributed by atoms with van der Waals surface area (Å²) in [4.78, 5) is 20.8. The summed E-state index contributed by atoms with van der Waals surface area (Å²) < 4.78 is 13.0. The fourth-order valence-electron chi connectivity index (χ4n) is 2.77. The van der Waals surface area contributed by atoms with Crippen molar-refractivity contribution in [3.63, 3.8) is 0 Å². The Kier molecular flexibility index (Phi) is 4.41. The summed E-state index contributed by atoms with van der Waals surface area (Å²) in [7, 11) is 1.76. The number of aromatic nitrogens is 1. The van der Waals surface area contributed by atoms with E-state index < -0.39 is 0 Å². The van der Waals surface area contributed by atoms with Crippen molar-refractivity contribution >= 4 is 17.4 Å². The van der Waals surface area contributed by atoms with Crippen LogP contribution < -0.4 is 10.2 Å². The molecule has 1 N–H and O–H groups in total. The van der Waals surface area contributed by atoms with Crippen LogP contribution in [0.1, 0.15) is 10.4 Å². The zero-order valence-corrected chi connectivity index (χ0v) is 13.0. The van der Waals surface area contributed by atoms with Gasteiger partial charge in [0.25, 0.3) is 5.91 Å². The predicted octanol–water partition coefficient (Wildman–Crippen LogP) is 2.22. The molecule has 0 aliphatic carbocycles. The van der Waals surface area contributed by atoms with Gasteiger partial charge in [-0.25, -0.2) is 9.37 Å². The van der Waals surface area contributed by atoms with E-state index in [4.69, 9.17) is 0 Å². The van der Waals surface area contributed by atoms with Gasteiger partial charge in [-0.2, -0.15) is 0 Å². The first-order chi connectivity index (χ1) is 11.2. The van der Waals surface area contributed by atoms with E-state index in [1.54, 1.807) is 37.5 Å². The molecule has 1 amide bonds. The highest BCUT2D eigenvalue weighted by atomic mass is 19.1. The molecule has 1 aliphatic heterocycles. The summed E-state index contributed by atoms with van der Waals surface area (Å²) in [6, 6.07) is 10.0. The maximum atomic E-state index is 13.0. The lowest BCUT2D eigenvalue weighted by Crippen LogP contribution is -2.48. The molecule has 0 atom stereocenters. The summed E-state index contributed by atoms with van der Waals surface area (Å²) in [5, 5.41) is 2.95. The van der Waals surface area contributed by atoms with Crippen molar-refractivity contribution in [3.8, 4) is 0 Å². The Bertz CT molecular complexity index is 681. The first-order valence-electron chi connectivity index (χ1n) is 7.61. The minimum atomic E-state index is -0.237. The number of carbonyl (C=O) groups excluding carboxylic acids is 1. The Balaban J connectivity index is 1.66. The highest BCUT2D eigenvalue weighted by molar-refractivity contribution is 5.98. The number of piperazine rings is 1. The number of pyridine rings is 1. The van der Waals surface area contributed by atoms with E-state index in [2.05, 4.69) is 15.2 Å². The highest BCUT2D eigenvalue weighted by Crippen LogP contribution is 2.19. The first-order valence-corrected chi connectivity index (χ1v) is 7.61. The SMILES string of the molecule is CNc1ncccc1C(=O)N1CCN(c2ccc(F)cc2)CC1. The summed E-state index contributed by atoms with van der Waals surface area (Å²) in [6.07, 6.45) is 1.66. The third-order valence-electron chi connectivity index (χ3n) is 4.03. The molecule has 0 spiro atoms. The lowest BCUT2D eigenvalue weighted by molar-refractivity contribution is 0.0747. The molecule has 23 heavy (non-hydrogen) atoms. The maximum absolute atomic E-state index is 13.0. The van der Waals surface area contributed by atoms with Gasteiger partial charge in [0, 0.05) is 45.1 Å². The topological polar surface area (TPSA) is 48.5 Å². The molecule has 0 radical (unpaired) electrons. The maximum Gasteiger partial charge on any atom is 0.257 e. The van der Waals surface area contributed by atoms with Crippen LogP contribution in [0.4, 0.5) is 15.9 Å². The number of rotatable bonds is 3. The van der Waals surface area contributed by atoms with E-state index in [-0.39, 0.29) is 11.7 Å². The second kappa shape index (κ2) is 6.64. The third kappa shape index (κ3) is 3.26. The molecule has 0 bridgehead atoms. The van der Waals surface area contributed by atoms with Crippen molar-refractivity contribution in [1.29, 1.82) is 0 Å². The molecule has 1 saturated heterocycles. The van der Waals surface area contributed by atoms with Gasteiger partial charge in [0.2, 0.25) is 0 Å². The van der Waals surface area contributed by atoms with Gasteiger partial charge in [-0.05, 0) is 36.4 Å². The van der Waals surface area contributed by atoms with Gasteiger partial charge in [-0.1, -0.05) is 0 Å². The monoisotopic (exact) mass is 314 g/mol. The second-order valence-electron chi connectivity index (χ2n) is 5.41. The smallest absolute Gasteiger partial charge is 0.257 e. The standard InChI is InChI=1S/C17H19FN4O/c1-19-16-15(3-2-8-20-16)17(23)22-11-9-21(10-12-22)14-6-4-13(18)5-7-14/h2-8H,9-12H2,1H3,(H,19,20). The minimum Gasteiger partial charge on any atom is -0.372 e. The predicted molar refractivity (Wildman–Crippen MR) is 88.3 cm³/mol. The van der Waals surface area contributed by atoms with Crippen LogP contribution in [-0.4, -0.2) is 49.0 Å². The molecule has 0 saturated carbocycles. The van der Waals surface area contributed by atoms with E-state index in [0.29, 0.717) is 24.5 Å². The van der Waals surface area contributed by atoms with E-state index >= 15 is 0 Å². The van der Waals surface area contributed by atoms with Crippen LogP contribution in [0, 0.1) is 5.82 Å². The average Bonchev–Trinajstić information content (AvgIpc) is 2.62. The Hall–Kier alpha value is -2.63. The fraction of sp³-hybridized carbons (Fsp3) is 0.294. The molecule has 2 heterocycles. The van der Waals surface area contributed by atoms with Crippen LogP contribution in [0.2, 0.25) is 0 Å². The Morgan fingerprint density at radius 3 is 2.48 bits per heavy atom. The number of carbonyl (C=O) groups is 1. The van der Waals surface area contributed by atoms with Gasteiger partial charge in [0.1, 0.15) is 11.6 Å². The van der Waals surface area contributed by atoms with Crippen molar-refractivity contribution in [2.24, 2.45) is 0 Å². The van der Waals surface area contributed by atoms with Crippen molar-refractivity contribution in [2.75, 3.05) is 43.4 Å². The second-order valence-corrected chi connectivity index (χ2v) is 5.41. The fourth-order valence-corrected chi connectivity index (χ4v) is 2.77. The number of halogens is 1. The van der Waals surface area contributed by atoms with Crippen molar-refractivity contribution in [1.82, 2.24) is 9.88 Å². The van der Waals surface area contributed by atoms with Crippen LogP contribution in [0.5, 0.6) is 0 Å². The van der Waals surface area contributed by atoms with E-state index in [9.17, 15) is 9.18 Å². The normalized spacial score (nSPS) is 14.7. The zero-order chi connectivity index (χ0) is 16.2. The lowest BCUT2D eigenvalue weighted by atomic mass is 10.2. The van der Waals surface area contributed by atoms with Gasteiger partial charge in [-0.15, -0.1) is 0 Å². The molecule has 2 aromatic rings. The number of hydrogen-bond donors (Lipinski definition) is 1. The Morgan fingerprint density at radius 2 is 1.83 bits per heavy atom. The van der Waals surface area contributed by atoms with Crippen LogP contribution in [0.15, 0.2) is 42.6 Å². The largest absolute Gasteiger partial charge is 0.372 e. The van der Waals surface area contributed by atoms with Crippen LogP contribution in [0.3, 0.4) is 0 Å². The quantitative estimate of drug-likeness (QED) is 0.944. The number of nitrogens with zero attached hydrogens (tertiary/aromatic N) is 3. The number of anilines is 2. The number of nitrogens with one attached hydrogen (secondary N) is 1. The Labute approximate surface area is 134 Å². The molecule has 1 aliphatic rings. The van der Waals surface area contributed by atoms with Crippen LogP contribution in [-0.2, 0) is 0 Å². The highest BCUT2D eigenvalue weighted by Gasteiger charge is 2.24. The van der Waals surface area contributed by atoms with E-state index in [1.165, 1.54) is 12.1 Å². The molecule has 6 heteroatoms. The zero-order valence-electron chi connectivity index (χ0n) is 13.0. The third-order valence-corrected chi connectivity index (χ3v) is 4.03. The van der Waals surface area contributed by atoms with Crippen LogP contribution in [0.25, 0.3) is 0 Å². The molecule has 5 nitrogen and oxygen atoms in total. The van der Waals surface area contributed by atoms with E-state index in [0.717, 1.165) is 18.8 Å². The molecular formula is C17H19FN4O. The van der Waals surface area contributed by atoms with E-state index in [1.807, 2.05) is 4.90 Å². The van der Waals surface area contributed by atoms with Gasteiger partial charge >= 0.3 is 0 Å². The van der Waals surface area contributed by atoms with Gasteiger partial charge in [-0.3, -0.25) is 4.79 Å². The van der Waals surface area contributed by atoms with Crippen molar-refractivity contribution < 1.29 is 9.18 Å². The molecule has 3 rings (SSSR count). The summed E-state index contributed by atoms with van der Waals surface area (Å²) >= 11 is 0. The van der Waals surface area contributed by atoms with Crippen LogP contribution >= 0.6 is 0 Å². The first kappa shape index (κ1) is 15.3. The summed E-state index contributed by atoms with van der Waals surface area (Å²) in [6.45, 7) is 2.72. The number of amides is 1. The molecule has 1 aromatic carbocycles. The van der Waals surface area contributed by atoms with Gasteiger partial charge < -0.3 is 15.1 Å². The average molecular weight is 314 g/mol. The molecular weight excluding hydrogens is 295 g/mol. The van der Waals surface area contributed by atoms with Gasteiger partial charge in [0.05, 0.1) is 5.56 Å². The lowest BCUT2D eigenvalue weighted by Gasteiger charge is -2.36. The van der Waals surface area contributed by atoms with Gasteiger partial charge in [0.15, 0.2) is 0 Å². The molecule has 120 valence electrons. The molecule has 0 unspecified atom stereocenters.